The lowest BCUT2D eigenvalue weighted by molar-refractivity contribution is 0.594. The molecular weight excluding hydrogens is 262 g/mol. The molecule has 0 aliphatic carbocycles. The van der Waals surface area contributed by atoms with Gasteiger partial charge >= 0.3 is 0 Å². The van der Waals surface area contributed by atoms with Gasteiger partial charge < -0.3 is 0 Å². The minimum atomic E-state index is 0.146. The fourth-order valence-electron chi connectivity index (χ4n) is 1.95. The van der Waals surface area contributed by atoms with Gasteiger partial charge in [0.05, 0.1) is 5.52 Å². The quantitative estimate of drug-likeness (QED) is 0.686. The van der Waals surface area contributed by atoms with Crippen LogP contribution in [0.5, 0.6) is 0 Å². The van der Waals surface area contributed by atoms with Gasteiger partial charge in [-0.15, -0.1) is 0 Å². The molecule has 2 heteroatoms. The number of aromatic nitrogens is 1. The van der Waals surface area contributed by atoms with Crippen LogP contribution in [-0.4, -0.2) is 4.98 Å². The maximum Gasteiger partial charge on any atom is 0.0708 e. The van der Waals surface area contributed by atoms with E-state index >= 15 is 0 Å². The summed E-state index contributed by atoms with van der Waals surface area (Å²) in [6.07, 6.45) is 0. The molecule has 0 atom stereocenters. The van der Waals surface area contributed by atoms with Crippen molar-refractivity contribution in [3.05, 3.63) is 40.0 Å². The number of halogens is 1. The van der Waals surface area contributed by atoms with Gasteiger partial charge in [-0.25, -0.2) is 0 Å². The number of hydrogen-bond donors (Lipinski definition) is 0. The van der Waals surface area contributed by atoms with Crippen LogP contribution in [0.3, 0.4) is 0 Å². The summed E-state index contributed by atoms with van der Waals surface area (Å²) < 4.78 is 1.11. The molecule has 2 aromatic rings. The highest BCUT2D eigenvalue weighted by Gasteiger charge is 2.17. The van der Waals surface area contributed by atoms with Crippen molar-refractivity contribution in [2.75, 3.05) is 0 Å². The first kappa shape index (κ1) is 11.6. The lowest BCUT2D eigenvalue weighted by Crippen LogP contribution is -2.12. The Morgan fingerprint density at radius 2 is 1.81 bits per heavy atom. The molecule has 0 spiro atoms. The molecule has 0 fully saturated rings. The summed E-state index contributed by atoms with van der Waals surface area (Å²) in [5.41, 5.74) is 3.66. The zero-order valence-electron chi connectivity index (χ0n) is 10.1. The molecule has 0 saturated carbocycles. The molecular formula is C14H16BrN. The van der Waals surface area contributed by atoms with E-state index in [0.717, 1.165) is 15.7 Å². The monoisotopic (exact) mass is 277 g/mol. The van der Waals surface area contributed by atoms with Gasteiger partial charge in [0, 0.05) is 15.6 Å². The van der Waals surface area contributed by atoms with E-state index in [1.807, 2.05) is 6.07 Å². The second-order valence-electron chi connectivity index (χ2n) is 5.22. The van der Waals surface area contributed by atoms with E-state index in [0.29, 0.717) is 0 Å². The van der Waals surface area contributed by atoms with Crippen LogP contribution in [0, 0.1) is 6.92 Å². The van der Waals surface area contributed by atoms with E-state index in [1.54, 1.807) is 0 Å². The highest BCUT2D eigenvalue weighted by Crippen LogP contribution is 2.31. The second kappa shape index (κ2) is 3.85. The van der Waals surface area contributed by atoms with Gasteiger partial charge in [0.25, 0.3) is 0 Å². The van der Waals surface area contributed by atoms with Crippen LogP contribution >= 0.6 is 15.9 Å². The molecule has 1 heterocycles. The molecule has 0 radical (unpaired) electrons. The Morgan fingerprint density at radius 1 is 1.12 bits per heavy atom. The predicted molar refractivity (Wildman–Crippen MR) is 72.9 cm³/mol. The maximum absolute atomic E-state index is 4.57. The summed E-state index contributed by atoms with van der Waals surface area (Å²) in [7, 11) is 0. The molecule has 2 rings (SSSR count). The Morgan fingerprint density at radius 3 is 2.44 bits per heavy atom. The molecule has 0 N–H and O–H groups in total. The fourth-order valence-corrected chi connectivity index (χ4v) is 2.31. The second-order valence-corrected chi connectivity index (χ2v) is 6.14. The van der Waals surface area contributed by atoms with Crippen molar-refractivity contribution in [2.24, 2.45) is 0 Å². The number of fused-ring (bicyclic) bond motifs is 1. The highest BCUT2D eigenvalue weighted by molar-refractivity contribution is 9.10. The minimum Gasteiger partial charge on any atom is -0.253 e. The Kier molecular flexibility index (Phi) is 2.79. The third kappa shape index (κ3) is 2.12. The van der Waals surface area contributed by atoms with Gasteiger partial charge in [-0.2, -0.15) is 0 Å². The average Bonchev–Trinajstić information content (AvgIpc) is 2.16. The maximum atomic E-state index is 4.57. The molecule has 1 aromatic carbocycles. The first-order valence-electron chi connectivity index (χ1n) is 5.45. The Balaban J connectivity index is 2.85. The largest absolute Gasteiger partial charge is 0.253 e. The Labute approximate surface area is 105 Å². The van der Waals surface area contributed by atoms with Crippen LogP contribution in [0.4, 0.5) is 0 Å². The number of nitrogens with zero attached hydrogens (tertiary/aromatic N) is 1. The minimum absolute atomic E-state index is 0.146. The van der Waals surface area contributed by atoms with Gasteiger partial charge in [0.15, 0.2) is 0 Å². The lowest BCUT2D eigenvalue weighted by Gasteiger charge is -2.21. The van der Waals surface area contributed by atoms with Crippen LogP contribution in [-0.2, 0) is 5.41 Å². The molecule has 0 aliphatic rings. The Hall–Kier alpha value is -0.890. The zero-order chi connectivity index (χ0) is 11.9. The molecule has 0 saturated heterocycles. The standard InChI is InChI=1S/C14H16BrN/c1-9-7-12(14(2,3)4)11-8-10(15)5-6-13(11)16-9/h5-8H,1-4H3. The number of aryl methyl sites for hydroxylation is 1. The summed E-state index contributed by atoms with van der Waals surface area (Å²) in [4.78, 5) is 4.57. The van der Waals surface area contributed by atoms with E-state index in [-0.39, 0.29) is 5.41 Å². The molecule has 0 aliphatic heterocycles. The van der Waals surface area contributed by atoms with Crippen molar-refractivity contribution < 1.29 is 0 Å². The van der Waals surface area contributed by atoms with E-state index < -0.39 is 0 Å². The van der Waals surface area contributed by atoms with Crippen LogP contribution in [0.1, 0.15) is 32.0 Å². The number of pyridine rings is 1. The van der Waals surface area contributed by atoms with E-state index in [1.165, 1.54) is 10.9 Å². The molecule has 1 nitrogen and oxygen atoms in total. The van der Waals surface area contributed by atoms with Gasteiger partial charge in [-0.1, -0.05) is 36.7 Å². The summed E-state index contributed by atoms with van der Waals surface area (Å²) >= 11 is 3.52. The van der Waals surface area contributed by atoms with Crippen LogP contribution in [0.25, 0.3) is 10.9 Å². The van der Waals surface area contributed by atoms with E-state index in [4.69, 9.17) is 0 Å². The zero-order valence-corrected chi connectivity index (χ0v) is 11.7. The first-order chi connectivity index (χ1) is 7.38. The van der Waals surface area contributed by atoms with Crippen molar-refractivity contribution in [3.8, 4) is 0 Å². The summed E-state index contributed by atoms with van der Waals surface area (Å²) in [5, 5.41) is 1.24. The van der Waals surface area contributed by atoms with Crippen LogP contribution in [0.15, 0.2) is 28.7 Å². The lowest BCUT2D eigenvalue weighted by atomic mass is 9.84. The van der Waals surface area contributed by atoms with Crippen molar-refractivity contribution >= 4 is 26.8 Å². The number of benzene rings is 1. The van der Waals surface area contributed by atoms with Gasteiger partial charge in [-0.3, -0.25) is 4.98 Å². The molecule has 16 heavy (non-hydrogen) atoms. The SMILES string of the molecule is Cc1cc(C(C)(C)C)c2cc(Br)ccc2n1. The van der Waals surface area contributed by atoms with Crippen molar-refractivity contribution in [2.45, 2.75) is 33.1 Å². The smallest absolute Gasteiger partial charge is 0.0708 e. The molecule has 0 amide bonds. The summed E-state index contributed by atoms with van der Waals surface area (Å²) in [6, 6.07) is 8.46. The third-order valence-corrected chi connectivity index (χ3v) is 3.20. The van der Waals surface area contributed by atoms with Crippen LogP contribution < -0.4 is 0 Å². The van der Waals surface area contributed by atoms with Crippen LogP contribution in [0.2, 0.25) is 0 Å². The van der Waals surface area contributed by atoms with E-state index in [9.17, 15) is 0 Å². The van der Waals surface area contributed by atoms with Crippen molar-refractivity contribution in [1.82, 2.24) is 4.98 Å². The molecule has 1 aromatic heterocycles. The van der Waals surface area contributed by atoms with E-state index in [2.05, 4.69) is 66.8 Å². The highest BCUT2D eigenvalue weighted by atomic mass is 79.9. The van der Waals surface area contributed by atoms with Gasteiger partial charge in [-0.05, 0) is 42.2 Å². The summed E-state index contributed by atoms with van der Waals surface area (Å²) in [6.45, 7) is 8.77. The number of rotatable bonds is 0. The molecule has 0 bridgehead atoms. The number of hydrogen-bond acceptors (Lipinski definition) is 1. The topological polar surface area (TPSA) is 12.9 Å². The average molecular weight is 278 g/mol. The molecule has 84 valence electrons. The first-order valence-corrected chi connectivity index (χ1v) is 6.24. The predicted octanol–water partition coefficient (Wildman–Crippen LogP) is 4.60. The van der Waals surface area contributed by atoms with Gasteiger partial charge in [0.2, 0.25) is 0 Å². The molecule has 0 unspecified atom stereocenters. The van der Waals surface area contributed by atoms with Gasteiger partial charge in [0.1, 0.15) is 0 Å². The summed E-state index contributed by atoms with van der Waals surface area (Å²) in [5.74, 6) is 0. The fraction of sp³-hybridized carbons (Fsp3) is 0.357. The van der Waals surface area contributed by atoms with Crippen molar-refractivity contribution in [1.29, 1.82) is 0 Å². The Bertz CT molecular complexity index is 538. The normalized spacial score (nSPS) is 12.1. The van der Waals surface area contributed by atoms with Crippen molar-refractivity contribution in [3.63, 3.8) is 0 Å². The third-order valence-electron chi connectivity index (χ3n) is 2.71.